The predicted octanol–water partition coefficient (Wildman–Crippen LogP) is 5.40. The summed E-state index contributed by atoms with van der Waals surface area (Å²) in [6, 6.07) is 12.3. The predicted molar refractivity (Wildman–Crippen MR) is 130 cm³/mol. The Bertz CT molecular complexity index is 1050. The number of rotatable bonds is 9. The molecular formula is C23H24N2O5S2. The first-order valence-corrected chi connectivity index (χ1v) is 11.4. The first kappa shape index (κ1) is 23.7. The SMILES string of the molecule is CC[C@H](C)c1ccc(OCCOc2ccc([N+](=O)[O-])cc2/C=C2/SC(=S)N(C)C2=O)cc1. The third-order valence-corrected chi connectivity index (χ3v) is 6.63. The van der Waals surface area contributed by atoms with E-state index in [2.05, 4.69) is 26.0 Å². The van der Waals surface area contributed by atoms with Gasteiger partial charge in [0.2, 0.25) is 0 Å². The fraction of sp³-hybridized carbons (Fsp3) is 0.304. The second-order valence-electron chi connectivity index (χ2n) is 7.30. The summed E-state index contributed by atoms with van der Waals surface area (Å²) in [5.41, 5.74) is 1.61. The number of nitro groups is 1. The number of benzene rings is 2. The van der Waals surface area contributed by atoms with Gasteiger partial charge in [-0.1, -0.05) is 50.0 Å². The van der Waals surface area contributed by atoms with Crippen LogP contribution < -0.4 is 9.47 Å². The molecule has 2 aromatic carbocycles. The quantitative estimate of drug-likeness (QED) is 0.159. The van der Waals surface area contributed by atoms with Crippen molar-refractivity contribution in [3.05, 3.63) is 68.6 Å². The molecule has 1 saturated heterocycles. The molecule has 0 bridgehead atoms. The number of ether oxygens (including phenoxy) is 2. The van der Waals surface area contributed by atoms with Crippen LogP contribution in [0.1, 0.15) is 37.3 Å². The number of hydrogen-bond acceptors (Lipinski definition) is 7. The molecule has 0 saturated carbocycles. The first-order chi connectivity index (χ1) is 15.3. The molecule has 0 aliphatic carbocycles. The molecule has 0 unspecified atom stereocenters. The largest absolute Gasteiger partial charge is 0.490 e. The number of carbonyl (C=O) groups excluding carboxylic acids is 1. The molecule has 7 nitrogen and oxygen atoms in total. The van der Waals surface area contributed by atoms with Crippen LogP contribution in [-0.4, -0.2) is 40.3 Å². The minimum atomic E-state index is -0.488. The van der Waals surface area contributed by atoms with Gasteiger partial charge in [-0.25, -0.2) is 0 Å². The van der Waals surface area contributed by atoms with Crippen LogP contribution in [0.5, 0.6) is 11.5 Å². The zero-order valence-electron chi connectivity index (χ0n) is 18.1. The minimum Gasteiger partial charge on any atom is -0.490 e. The zero-order valence-corrected chi connectivity index (χ0v) is 19.7. The van der Waals surface area contributed by atoms with Crippen LogP contribution in [-0.2, 0) is 4.79 Å². The van der Waals surface area contributed by atoms with Gasteiger partial charge in [-0.2, -0.15) is 0 Å². The maximum atomic E-state index is 12.3. The number of amides is 1. The molecule has 0 N–H and O–H groups in total. The molecule has 9 heteroatoms. The number of hydrogen-bond donors (Lipinski definition) is 0. The van der Waals surface area contributed by atoms with Crippen LogP contribution in [0.4, 0.5) is 5.69 Å². The molecule has 1 aliphatic heterocycles. The fourth-order valence-electron chi connectivity index (χ4n) is 3.02. The van der Waals surface area contributed by atoms with Crippen molar-refractivity contribution in [2.75, 3.05) is 20.3 Å². The van der Waals surface area contributed by atoms with Crippen molar-refractivity contribution in [1.82, 2.24) is 4.90 Å². The second-order valence-corrected chi connectivity index (χ2v) is 8.97. The summed E-state index contributed by atoms with van der Waals surface area (Å²) in [6.45, 7) is 4.88. The Labute approximate surface area is 196 Å². The van der Waals surface area contributed by atoms with E-state index in [0.717, 1.165) is 23.9 Å². The molecule has 1 heterocycles. The van der Waals surface area contributed by atoms with Crippen molar-refractivity contribution in [1.29, 1.82) is 0 Å². The Morgan fingerprint density at radius 2 is 1.88 bits per heavy atom. The Morgan fingerprint density at radius 3 is 2.47 bits per heavy atom. The Morgan fingerprint density at radius 1 is 1.19 bits per heavy atom. The summed E-state index contributed by atoms with van der Waals surface area (Å²) in [7, 11) is 1.59. The summed E-state index contributed by atoms with van der Waals surface area (Å²) >= 11 is 6.29. The van der Waals surface area contributed by atoms with Crippen LogP contribution in [0.3, 0.4) is 0 Å². The lowest BCUT2D eigenvalue weighted by Gasteiger charge is -2.12. The topological polar surface area (TPSA) is 81.9 Å². The number of nitrogens with zero attached hydrogens (tertiary/aromatic N) is 2. The molecule has 0 spiro atoms. The molecule has 1 atom stereocenters. The Hall–Kier alpha value is -2.91. The van der Waals surface area contributed by atoms with E-state index < -0.39 is 4.92 Å². The summed E-state index contributed by atoms with van der Waals surface area (Å²) < 4.78 is 12.0. The average molecular weight is 473 g/mol. The molecule has 168 valence electrons. The molecule has 1 amide bonds. The highest BCUT2D eigenvalue weighted by molar-refractivity contribution is 8.26. The number of likely N-dealkylation sites (N-methyl/N-ethyl adjacent to an activating group) is 1. The van der Waals surface area contributed by atoms with Crippen LogP contribution in [0, 0.1) is 10.1 Å². The van der Waals surface area contributed by atoms with E-state index in [1.54, 1.807) is 13.1 Å². The first-order valence-electron chi connectivity index (χ1n) is 10.2. The van der Waals surface area contributed by atoms with E-state index in [9.17, 15) is 14.9 Å². The van der Waals surface area contributed by atoms with E-state index in [1.807, 2.05) is 12.1 Å². The van der Waals surface area contributed by atoms with Gasteiger partial charge in [-0.15, -0.1) is 0 Å². The van der Waals surface area contributed by atoms with Crippen LogP contribution in [0.2, 0.25) is 0 Å². The van der Waals surface area contributed by atoms with Crippen molar-refractivity contribution in [3.8, 4) is 11.5 Å². The van der Waals surface area contributed by atoms with E-state index >= 15 is 0 Å². The number of thiocarbonyl (C=S) groups is 1. The van der Waals surface area contributed by atoms with E-state index in [1.165, 1.54) is 28.7 Å². The van der Waals surface area contributed by atoms with Crippen LogP contribution in [0.15, 0.2) is 47.4 Å². The van der Waals surface area contributed by atoms with Crippen molar-refractivity contribution >= 4 is 46.0 Å². The highest BCUT2D eigenvalue weighted by Crippen LogP contribution is 2.34. The van der Waals surface area contributed by atoms with Gasteiger partial charge in [-0.3, -0.25) is 19.8 Å². The monoisotopic (exact) mass is 472 g/mol. The van der Waals surface area contributed by atoms with Crippen molar-refractivity contribution < 1.29 is 19.2 Å². The maximum Gasteiger partial charge on any atom is 0.270 e. The Kier molecular flexibility index (Phi) is 7.87. The lowest BCUT2D eigenvalue weighted by Crippen LogP contribution is -2.22. The second kappa shape index (κ2) is 10.6. The number of carbonyl (C=O) groups is 1. The smallest absolute Gasteiger partial charge is 0.270 e. The van der Waals surface area contributed by atoms with Crippen molar-refractivity contribution in [2.24, 2.45) is 0 Å². The van der Waals surface area contributed by atoms with Crippen LogP contribution >= 0.6 is 24.0 Å². The van der Waals surface area contributed by atoms with Crippen molar-refractivity contribution in [3.63, 3.8) is 0 Å². The van der Waals surface area contributed by atoms with E-state index in [4.69, 9.17) is 21.7 Å². The highest BCUT2D eigenvalue weighted by Gasteiger charge is 2.29. The molecule has 32 heavy (non-hydrogen) atoms. The summed E-state index contributed by atoms with van der Waals surface area (Å²) in [5.74, 6) is 1.42. The lowest BCUT2D eigenvalue weighted by molar-refractivity contribution is -0.384. The van der Waals surface area contributed by atoms with Gasteiger partial charge >= 0.3 is 0 Å². The summed E-state index contributed by atoms with van der Waals surface area (Å²) in [6.07, 6.45) is 2.65. The minimum absolute atomic E-state index is 0.0896. The molecule has 2 aromatic rings. The van der Waals surface area contributed by atoms with E-state index in [0.29, 0.717) is 33.1 Å². The third kappa shape index (κ3) is 5.66. The average Bonchev–Trinajstić information content (AvgIpc) is 3.03. The highest BCUT2D eigenvalue weighted by atomic mass is 32.2. The number of non-ortho nitro benzene ring substituents is 1. The van der Waals surface area contributed by atoms with Gasteiger partial charge in [0.05, 0.1) is 9.83 Å². The summed E-state index contributed by atoms with van der Waals surface area (Å²) in [4.78, 5) is 24.8. The Balaban J connectivity index is 1.68. The van der Waals surface area contributed by atoms with Gasteiger partial charge in [-0.05, 0) is 42.2 Å². The number of nitro benzene ring substituents is 1. The molecular weight excluding hydrogens is 448 g/mol. The molecule has 0 aromatic heterocycles. The van der Waals surface area contributed by atoms with Gasteiger partial charge in [0.25, 0.3) is 11.6 Å². The fourth-order valence-corrected chi connectivity index (χ4v) is 4.19. The normalized spacial score (nSPS) is 15.8. The summed E-state index contributed by atoms with van der Waals surface area (Å²) in [5, 5.41) is 11.2. The van der Waals surface area contributed by atoms with Crippen molar-refractivity contribution in [2.45, 2.75) is 26.2 Å². The number of thioether (sulfide) groups is 1. The van der Waals surface area contributed by atoms with Crippen LogP contribution in [0.25, 0.3) is 6.08 Å². The standard InChI is InChI=1S/C23H24N2O5S2/c1-4-15(2)16-5-8-19(9-6-16)29-11-12-30-20-10-7-18(25(27)28)13-17(20)14-21-22(26)24(3)23(31)32-21/h5-10,13-15H,4,11-12H2,1-3H3/b21-14+/t15-/m0/s1. The molecule has 3 rings (SSSR count). The molecule has 1 aliphatic rings. The molecule has 1 fully saturated rings. The lowest BCUT2D eigenvalue weighted by atomic mass is 9.99. The van der Waals surface area contributed by atoms with Gasteiger partial charge in [0.1, 0.15) is 29.0 Å². The third-order valence-electron chi connectivity index (χ3n) is 5.15. The van der Waals surface area contributed by atoms with E-state index in [-0.39, 0.29) is 18.2 Å². The van der Waals surface area contributed by atoms with Gasteiger partial charge in [0.15, 0.2) is 0 Å². The van der Waals surface area contributed by atoms with Gasteiger partial charge in [0, 0.05) is 24.7 Å². The molecule has 0 radical (unpaired) electrons. The van der Waals surface area contributed by atoms with Gasteiger partial charge < -0.3 is 9.47 Å². The zero-order chi connectivity index (χ0) is 23.3. The maximum absolute atomic E-state index is 12.3.